The van der Waals surface area contributed by atoms with Gasteiger partial charge in [-0.25, -0.2) is 0 Å². The molecule has 6 aromatic rings. The summed E-state index contributed by atoms with van der Waals surface area (Å²) in [6.07, 6.45) is 0. The van der Waals surface area contributed by atoms with Crippen molar-refractivity contribution in [2.45, 2.75) is 0 Å². The van der Waals surface area contributed by atoms with Crippen LogP contribution in [-0.2, 0) is 9.59 Å². The number of carbonyl (C=O) groups is 2. The number of anilines is 2. The zero-order valence-corrected chi connectivity index (χ0v) is 23.4. The number of likely N-dealkylation sites (N-methyl/N-ethyl adjacent to an activating group) is 2. The molecule has 0 radical (unpaired) electrons. The van der Waals surface area contributed by atoms with Crippen molar-refractivity contribution >= 4 is 77.2 Å². The maximum atomic E-state index is 13.7. The Morgan fingerprint density at radius 3 is 1.38 bits per heavy atom. The van der Waals surface area contributed by atoms with Crippen molar-refractivity contribution in [3.8, 4) is 20.9 Å². The third-order valence-corrected chi connectivity index (χ3v) is 10.3. The van der Waals surface area contributed by atoms with Crippen LogP contribution in [0.4, 0.5) is 11.4 Å². The Kier molecular flexibility index (Phi) is 4.96. The molecule has 0 N–H and O–H groups in total. The minimum Gasteiger partial charge on any atom is -0.311 e. The van der Waals surface area contributed by atoms with Gasteiger partial charge in [0.15, 0.2) is 0 Å². The van der Waals surface area contributed by atoms with Crippen molar-refractivity contribution in [3.05, 3.63) is 108 Å². The van der Waals surface area contributed by atoms with Crippen molar-refractivity contribution < 1.29 is 9.59 Å². The Balaban J connectivity index is 1.25. The normalized spacial score (nSPS) is 16.4. The number of thiophene rings is 2. The topological polar surface area (TPSA) is 40.6 Å². The van der Waals surface area contributed by atoms with Crippen LogP contribution < -0.4 is 9.80 Å². The standard InChI is InChI=1S/C34H22N2O2S2/c1-35-25-15-21(29-17-19-7-3-5-9-27(19)39-29)11-13-23(25)31(33(35)37)32-24-14-12-22(16-26(24)36(2)34(32)38)30-18-20-8-4-6-10-28(20)40-30/h3-18H,1-2H3/b32-31-. The maximum absolute atomic E-state index is 13.7. The molecule has 2 aromatic heterocycles. The maximum Gasteiger partial charge on any atom is 0.259 e. The zero-order chi connectivity index (χ0) is 27.1. The van der Waals surface area contributed by atoms with Gasteiger partial charge in [-0.15, -0.1) is 22.7 Å². The lowest BCUT2D eigenvalue weighted by molar-refractivity contribution is -0.114. The number of carbonyl (C=O) groups excluding carboxylic acids is 2. The van der Waals surface area contributed by atoms with E-state index < -0.39 is 0 Å². The second kappa shape index (κ2) is 8.49. The van der Waals surface area contributed by atoms with Crippen LogP contribution in [0.3, 0.4) is 0 Å². The second-order valence-electron chi connectivity index (χ2n) is 10.2. The summed E-state index contributed by atoms with van der Waals surface area (Å²) >= 11 is 3.48. The number of rotatable bonds is 2. The van der Waals surface area contributed by atoms with E-state index in [0.717, 1.165) is 43.4 Å². The first-order valence-electron chi connectivity index (χ1n) is 13.0. The lowest BCUT2D eigenvalue weighted by atomic mass is 9.95. The fourth-order valence-electron chi connectivity index (χ4n) is 5.86. The molecule has 4 heterocycles. The molecule has 0 bridgehead atoms. The van der Waals surface area contributed by atoms with Crippen LogP contribution >= 0.6 is 22.7 Å². The molecule has 2 amide bonds. The van der Waals surface area contributed by atoms with Gasteiger partial charge in [0.05, 0.1) is 22.5 Å². The van der Waals surface area contributed by atoms with Crippen LogP contribution in [0, 0.1) is 0 Å². The van der Waals surface area contributed by atoms with Crippen LogP contribution in [-0.4, -0.2) is 25.9 Å². The van der Waals surface area contributed by atoms with Gasteiger partial charge in [-0.05, 0) is 58.3 Å². The molecule has 0 spiro atoms. The molecule has 192 valence electrons. The molecule has 0 saturated carbocycles. The Morgan fingerprint density at radius 2 is 0.950 bits per heavy atom. The lowest BCUT2D eigenvalue weighted by Crippen LogP contribution is -2.24. The van der Waals surface area contributed by atoms with Gasteiger partial charge in [0.25, 0.3) is 11.8 Å². The van der Waals surface area contributed by atoms with Crippen molar-refractivity contribution in [1.82, 2.24) is 0 Å². The van der Waals surface area contributed by atoms with Crippen molar-refractivity contribution in [3.63, 3.8) is 0 Å². The summed E-state index contributed by atoms with van der Waals surface area (Å²) in [6.45, 7) is 0. The molecule has 2 aliphatic rings. The summed E-state index contributed by atoms with van der Waals surface area (Å²) in [7, 11) is 3.58. The fraction of sp³-hybridized carbons (Fsp3) is 0.0588. The van der Waals surface area contributed by atoms with Gasteiger partial charge in [0.2, 0.25) is 0 Å². The van der Waals surface area contributed by atoms with E-state index in [2.05, 4.69) is 72.8 Å². The first kappa shape index (κ1) is 23.4. The number of amides is 2. The van der Waals surface area contributed by atoms with E-state index in [0.29, 0.717) is 11.1 Å². The minimum absolute atomic E-state index is 0.151. The van der Waals surface area contributed by atoms with E-state index in [-0.39, 0.29) is 11.8 Å². The van der Waals surface area contributed by atoms with E-state index in [4.69, 9.17) is 0 Å². The van der Waals surface area contributed by atoms with Crippen molar-refractivity contribution in [1.29, 1.82) is 0 Å². The highest BCUT2D eigenvalue weighted by molar-refractivity contribution is 7.22. The Morgan fingerprint density at radius 1 is 0.525 bits per heavy atom. The van der Waals surface area contributed by atoms with Crippen LogP contribution in [0.5, 0.6) is 0 Å². The molecule has 6 heteroatoms. The molecular formula is C34H22N2O2S2. The Labute approximate surface area is 239 Å². The summed E-state index contributed by atoms with van der Waals surface area (Å²) in [5.74, 6) is -0.302. The highest BCUT2D eigenvalue weighted by Crippen LogP contribution is 2.48. The molecule has 0 aliphatic carbocycles. The van der Waals surface area contributed by atoms with Crippen molar-refractivity contribution in [2.24, 2.45) is 0 Å². The predicted molar refractivity (Wildman–Crippen MR) is 168 cm³/mol. The SMILES string of the molecule is CN1C(=O)/C(=C2\C(=O)N(C)c3cc(-c4cc5ccccc5s4)ccc32)c2ccc(-c3cc4ccccc4s3)cc21. The predicted octanol–water partition coefficient (Wildman–Crippen LogP) is 8.31. The van der Waals surface area contributed by atoms with Crippen LogP contribution in [0.1, 0.15) is 11.1 Å². The highest BCUT2D eigenvalue weighted by Gasteiger charge is 2.40. The number of nitrogens with zero attached hydrogens (tertiary/aromatic N) is 2. The number of hydrogen-bond acceptors (Lipinski definition) is 4. The highest BCUT2D eigenvalue weighted by atomic mass is 32.1. The van der Waals surface area contributed by atoms with Crippen LogP contribution in [0.2, 0.25) is 0 Å². The third kappa shape index (κ3) is 3.30. The fourth-order valence-corrected chi connectivity index (χ4v) is 7.98. The largest absolute Gasteiger partial charge is 0.311 e. The van der Waals surface area contributed by atoms with E-state index in [1.807, 2.05) is 24.3 Å². The Hall–Kier alpha value is -4.52. The quantitative estimate of drug-likeness (QED) is 0.202. The van der Waals surface area contributed by atoms with Gasteiger partial charge in [-0.1, -0.05) is 60.7 Å². The summed E-state index contributed by atoms with van der Waals surface area (Å²) in [5, 5.41) is 2.42. The van der Waals surface area contributed by atoms with E-state index in [1.165, 1.54) is 20.2 Å². The van der Waals surface area contributed by atoms with Gasteiger partial charge < -0.3 is 9.80 Å². The van der Waals surface area contributed by atoms with Gasteiger partial charge >= 0.3 is 0 Å². The van der Waals surface area contributed by atoms with E-state index in [9.17, 15) is 9.59 Å². The minimum atomic E-state index is -0.151. The third-order valence-electron chi connectivity index (χ3n) is 7.96. The second-order valence-corrected chi connectivity index (χ2v) is 12.4. The average Bonchev–Trinajstić information content (AvgIpc) is 3.72. The van der Waals surface area contributed by atoms with Crippen LogP contribution in [0.15, 0.2) is 97.1 Å². The molecule has 8 rings (SSSR count). The zero-order valence-electron chi connectivity index (χ0n) is 21.8. The summed E-state index contributed by atoms with van der Waals surface area (Å²) in [5.41, 5.74) is 6.34. The first-order chi connectivity index (χ1) is 19.5. The molecule has 0 saturated heterocycles. The summed E-state index contributed by atoms with van der Waals surface area (Å²) < 4.78 is 2.47. The van der Waals surface area contributed by atoms with Gasteiger partial charge in [0.1, 0.15) is 0 Å². The summed E-state index contributed by atoms with van der Waals surface area (Å²) in [4.78, 5) is 33.0. The van der Waals surface area contributed by atoms with E-state index >= 15 is 0 Å². The smallest absolute Gasteiger partial charge is 0.259 e. The van der Waals surface area contributed by atoms with Gasteiger partial charge in [0, 0.05) is 44.4 Å². The molecule has 4 aromatic carbocycles. The lowest BCUT2D eigenvalue weighted by Gasteiger charge is -2.10. The van der Waals surface area contributed by atoms with E-state index in [1.54, 1.807) is 46.6 Å². The number of benzene rings is 4. The molecule has 0 unspecified atom stereocenters. The molecular weight excluding hydrogens is 533 g/mol. The van der Waals surface area contributed by atoms with Gasteiger partial charge in [-0.3, -0.25) is 9.59 Å². The van der Waals surface area contributed by atoms with Crippen molar-refractivity contribution in [2.75, 3.05) is 23.9 Å². The molecule has 0 atom stereocenters. The first-order valence-corrected chi connectivity index (χ1v) is 14.7. The molecule has 2 aliphatic heterocycles. The van der Waals surface area contributed by atoms with Gasteiger partial charge in [-0.2, -0.15) is 0 Å². The average molecular weight is 555 g/mol. The molecule has 40 heavy (non-hydrogen) atoms. The number of hydrogen-bond donors (Lipinski definition) is 0. The summed E-state index contributed by atoms with van der Waals surface area (Å²) in [6, 6.07) is 33.3. The number of fused-ring (bicyclic) bond motifs is 4. The molecule has 0 fully saturated rings. The van der Waals surface area contributed by atoms with Crippen LogP contribution in [0.25, 0.3) is 52.2 Å². The monoisotopic (exact) mass is 554 g/mol. The molecule has 4 nitrogen and oxygen atoms in total. The Bertz CT molecular complexity index is 1880.